The van der Waals surface area contributed by atoms with E-state index in [4.69, 9.17) is 0 Å². The lowest BCUT2D eigenvalue weighted by Crippen LogP contribution is -2.26. The lowest BCUT2D eigenvalue weighted by atomic mass is 9.87. The van der Waals surface area contributed by atoms with Gasteiger partial charge in [-0.2, -0.15) is 10.5 Å². The lowest BCUT2D eigenvalue weighted by molar-refractivity contribution is 0.397. The Kier molecular flexibility index (Phi) is 10.7. The van der Waals surface area contributed by atoms with E-state index in [0.717, 1.165) is 110 Å². The van der Waals surface area contributed by atoms with Crippen molar-refractivity contribution in [2.45, 2.75) is 104 Å². The maximum absolute atomic E-state index is 9.19. The highest BCUT2D eigenvalue weighted by molar-refractivity contribution is 5.89. The largest absolute Gasteiger partial charge is 0.379 e. The van der Waals surface area contributed by atoms with Gasteiger partial charge in [0.25, 0.3) is 0 Å². The van der Waals surface area contributed by atoms with Crippen molar-refractivity contribution in [2.75, 3.05) is 10.6 Å². The molecule has 0 saturated heterocycles. The van der Waals surface area contributed by atoms with Crippen LogP contribution in [0.1, 0.15) is 85.5 Å². The van der Waals surface area contributed by atoms with Crippen molar-refractivity contribution in [3.63, 3.8) is 0 Å². The molecule has 0 atom stereocenters. The predicted molar refractivity (Wildman–Crippen MR) is 237 cm³/mol. The van der Waals surface area contributed by atoms with Gasteiger partial charge < -0.3 is 19.8 Å². The Bertz CT molecular complexity index is 2670. The zero-order chi connectivity index (χ0) is 41.3. The molecule has 0 spiro atoms. The number of pyridine rings is 2. The van der Waals surface area contributed by atoms with E-state index in [1.54, 1.807) is 0 Å². The molecule has 0 bridgehead atoms. The molecule has 10 rings (SSSR count). The Hall–Kier alpha value is -6.66. The number of hydrogen-bond donors (Lipinski definition) is 2. The van der Waals surface area contributed by atoms with E-state index in [1.165, 1.54) is 33.5 Å². The van der Waals surface area contributed by atoms with Crippen LogP contribution in [0.25, 0.3) is 33.4 Å². The number of nitrogens with zero attached hydrogens (tertiary/aromatic N) is 10. The topological polar surface area (TPSA) is 142 Å². The molecular weight excluding hydrogens is 745 g/mol. The van der Waals surface area contributed by atoms with Crippen molar-refractivity contribution in [1.29, 1.82) is 10.5 Å². The lowest BCUT2D eigenvalue weighted by Gasteiger charge is -2.26. The van der Waals surface area contributed by atoms with E-state index in [9.17, 15) is 10.5 Å². The smallest absolute Gasteiger partial charge is 0.184 e. The normalized spacial score (nSPS) is 19.2. The average molecular weight is 797 g/mol. The molecule has 8 aromatic rings. The summed E-state index contributed by atoms with van der Waals surface area (Å²) in [5.41, 5.74) is 13.4. The molecule has 2 aromatic carbocycles. The predicted octanol–water partition coefficient (Wildman–Crippen LogP) is 9.69. The molecule has 60 heavy (non-hydrogen) atoms. The molecule has 0 aliphatic heterocycles. The molecule has 2 fully saturated rings. The Labute approximate surface area is 350 Å². The second-order valence-corrected chi connectivity index (χ2v) is 16.8. The number of benzene rings is 2. The first kappa shape index (κ1) is 38.8. The Balaban J connectivity index is 0.000000154. The van der Waals surface area contributed by atoms with Crippen LogP contribution >= 0.6 is 0 Å². The van der Waals surface area contributed by atoms with Crippen LogP contribution in [0.2, 0.25) is 0 Å². The van der Waals surface area contributed by atoms with Gasteiger partial charge in [0.1, 0.15) is 11.6 Å². The second kappa shape index (κ2) is 16.5. The number of rotatable bonds is 8. The van der Waals surface area contributed by atoms with Gasteiger partial charge in [-0.3, -0.25) is 8.80 Å². The van der Waals surface area contributed by atoms with Crippen LogP contribution in [-0.2, 0) is 13.1 Å². The van der Waals surface area contributed by atoms with Crippen LogP contribution in [0, 0.1) is 62.2 Å². The van der Waals surface area contributed by atoms with Crippen molar-refractivity contribution >= 4 is 44.7 Å². The number of aromatic nitrogens is 8. The summed E-state index contributed by atoms with van der Waals surface area (Å²) in [4.78, 5) is 0. The Morgan fingerprint density at radius 3 is 1.27 bits per heavy atom. The highest BCUT2D eigenvalue weighted by atomic mass is 15.3. The van der Waals surface area contributed by atoms with E-state index in [2.05, 4.69) is 160 Å². The molecule has 0 radical (unpaired) electrons. The van der Waals surface area contributed by atoms with Crippen molar-refractivity contribution in [3.05, 3.63) is 119 Å². The first-order chi connectivity index (χ1) is 29.3. The minimum atomic E-state index is 0.201. The molecule has 12 heteroatoms. The zero-order valence-electron chi connectivity index (χ0n) is 34.9. The van der Waals surface area contributed by atoms with Crippen molar-refractivity contribution in [2.24, 2.45) is 11.8 Å². The summed E-state index contributed by atoms with van der Waals surface area (Å²) >= 11 is 0. The molecule has 2 N–H and O–H groups in total. The van der Waals surface area contributed by atoms with Crippen LogP contribution < -0.4 is 10.6 Å². The first-order valence-corrected chi connectivity index (χ1v) is 21.4. The summed E-state index contributed by atoms with van der Waals surface area (Å²) < 4.78 is 9.04. The number of nitriles is 2. The average Bonchev–Trinajstić information content (AvgIpc) is 4.03. The van der Waals surface area contributed by atoms with Crippen LogP contribution in [-0.4, -0.2) is 50.4 Å². The molecule has 2 aliphatic rings. The molecule has 304 valence electrons. The summed E-state index contributed by atoms with van der Waals surface area (Å²) in [5, 5.41) is 43.5. The maximum atomic E-state index is 9.19. The van der Waals surface area contributed by atoms with E-state index < -0.39 is 0 Å². The van der Waals surface area contributed by atoms with Gasteiger partial charge in [-0.05, 0) is 114 Å². The number of aryl methyl sites for hydroxylation is 4. The number of anilines is 2. The van der Waals surface area contributed by atoms with Crippen molar-refractivity contribution in [3.8, 4) is 12.1 Å². The summed E-state index contributed by atoms with van der Waals surface area (Å²) in [6, 6.07) is 35.6. The van der Waals surface area contributed by atoms with Crippen molar-refractivity contribution in [1.82, 2.24) is 38.3 Å². The fourth-order valence-corrected chi connectivity index (χ4v) is 9.41. The van der Waals surface area contributed by atoms with E-state index >= 15 is 0 Å². The highest BCUT2D eigenvalue weighted by Crippen LogP contribution is 2.34. The fraction of sp³-hybridized carbons (Fsp3) is 0.375. The standard InChI is InChI=1S/2C24H26N6/c2*1-16-12-23-22(29(16)15-19-6-4-3-5-7-19)13-21(24-28-27-17(2)30(23)24)26-20-10-8-18(14-25)9-11-20/h2*3-7,12-13,18,20,26H,8-11,15H2,1-2H3. The molecule has 6 aromatic heterocycles. The summed E-state index contributed by atoms with van der Waals surface area (Å²) in [7, 11) is 0. The van der Waals surface area contributed by atoms with Crippen LogP contribution in [0.5, 0.6) is 0 Å². The van der Waals surface area contributed by atoms with Crippen LogP contribution in [0.15, 0.2) is 84.9 Å². The SMILES string of the molecule is Cc1cc2c(cc(NC3CCC(C#N)CC3)c3nnc(C)n32)n1Cc1ccccc1.Cc1cc2c(cc(NC3CCC(C#N)CC3)c3nnc(C)n32)n1Cc1ccccc1. The highest BCUT2D eigenvalue weighted by Gasteiger charge is 2.25. The Morgan fingerprint density at radius 2 is 0.900 bits per heavy atom. The molecule has 12 nitrogen and oxygen atoms in total. The van der Waals surface area contributed by atoms with Gasteiger partial charge in [0.2, 0.25) is 0 Å². The van der Waals surface area contributed by atoms with Gasteiger partial charge >= 0.3 is 0 Å². The third-order valence-electron chi connectivity index (χ3n) is 12.7. The van der Waals surface area contributed by atoms with E-state index in [1.807, 2.05) is 13.8 Å². The van der Waals surface area contributed by atoms with Crippen LogP contribution in [0.3, 0.4) is 0 Å². The third-order valence-corrected chi connectivity index (χ3v) is 12.7. The molecule has 0 unspecified atom stereocenters. The third kappa shape index (κ3) is 7.54. The second-order valence-electron chi connectivity index (χ2n) is 16.8. The molecule has 2 aliphatic carbocycles. The van der Waals surface area contributed by atoms with Crippen LogP contribution in [0.4, 0.5) is 11.4 Å². The van der Waals surface area contributed by atoms with Gasteiger partial charge in [0, 0.05) is 48.4 Å². The van der Waals surface area contributed by atoms with Gasteiger partial charge in [0.15, 0.2) is 11.3 Å². The summed E-state index contributed by atoms with van der Waals surface area (Å²) in [6.45, 7) is 9.98. The van der Waals surface area contributed by atoms with Gasteiger partial charge in [0.05, 0.1) is 45.6 Å². The maximum Gasteiger partial charge on any atom is 0.184 e. The van der Waals surface area contributed by atoms with Gasteiger partial charge in [-0.1, -0.05) is 60.7 Å². The summed E-state index contributed by atoms with van der Waals surface area (Å²) in [6.07, 6.45) is 7.89. The Morgan fingerprint density at radius 1 is 0.517 bits per heavy atom. The summed E-state index contributed by atoms with van der Waals surface area (Å²) in [5.74, 6) is 2.19. The van der Waals surface area contributed by atoms with Gasteiger partial charge in [-0.25, -0.2) is 0 Å². The monoisotopic (exact) mass is 796 g/mol. The van der Waals surface area contributed by atoms with Crippen molar-refractivity contribution < 1.29 is 0 Å². The quantitative estimate of drug-likeness (QED) is 0.155. The molecular formula is C48H52N12. The number of fused-ring (bicyclic) bond motifs is 6. The number of nitrogens with one attached hydrogen (secondary N) is 2. The minimum absolute atomic E-state index is 0.201. The molecule has 0 amide bonds. The minimum Gasteiger partial charge on any atom is -0.379 e. The van der Waals surface area contributed by atoms with E-state index in [-0.39, 0.29) is 11.8 Å². The molecule has 2 saturated carbocycles. The number of hydrogen-bond acceptors (Lipinski definition) is 8. The fourth-order valence-electron chi connectivity index (χ4n) is 9.41. The van der Waals surface area contributed by atoms with Gasteiger partial charge in [-0.15, -0.1) is 20.4 Å². The molecule has 6 heterocycles. The van der Waals surface area contributed by atoms with E-state index in [0.29, 0.717) is 12.1 Å². The zero-order valence-corrected chi connectivity index (χ0v) is 34.9. The first-order valence-electron chi connectivity index (χ1n) is 21.4.